The van der Waals surface area contributed by atoms with E-state index in [2.05, 4.69) is 4.98 Å². The van der Waals surface area contributed by atoms with E-state index in [1.165, 1.54) is 0 Å². The summed E-state index contributed by atoms with van der Waals surface area (Å²) in [6.45, 7) is 0. The number of halogens is 1. The van der Waals surface area contributed by atoms with Crippen LogP contribution in [0, 0.1) is 0 Å². The highest BCUT2D eigenvalue weighted by molar-refractivity contribution is 6.31. The van der Waals surface area contributed by atoms with E-state index in [9.17, 15) is 9.90 Å². The summed E-state index contributed by atoms with van der Waals surface area (Å²) in [6.07, 6.45) is 0.289. The van der Waals surface area contributed by atoms with Crippen LogP contribution in [0.1, 0.15) is 18.1 Å². The van der Waals surface area contributed by atoms with Gasteiger partial charge in [-0.15, -0.1) is 0 Å². The molecule has 0 saturated carbocycles. The fraction of sp³-hybridized carbons (Fsp3) is 0.182. The van der Waals surface area contributed by atoms with Crippen LogP contribution in [0.3, 0.4) is 0 Å². The van der Waals surface area contributed by atoms with Gasteiger partial charge in [0.05, 0.1) is 12.5 Å². The lowest BCUT2D eigenvalue weighted by atomic mass is 10.1. The SMILES string of the molecule is O=C(O)CC(O)c1c[nH]c2cc(Cl)ccc12. The fourth-order valence-corrected chi connectivity index (χ4v) is 1.84. The number of aliphatic carboxylic acids is 1. The summed E-state index contributed by atoms with van der Waals surface area (Å²) < 4.78 is 0. The van der Waals surface area contributed by atoms with E-state index in [0.29, 0.717) is 10.6 Å². The van der Waals surface area contributed by atoms with Gasteiger partial charge in [0.15, 0.2) is 0 Å². The highest BCUT2D eigenvalue weighted by Gasteiger charge is 2.16. The zero-order valence-electron chi connectivity index (χ0n) is 8.27. The summed E-state index contributed by atoms with van der Waals surface area (Å²) in [7, 11) is 0. The van der Waals surface area contributed by atoms with Gasteiger partial charge in [-0.25, -0.2) is 0 Å². The van der Waals surface area contributed by atoms with E-state index in [-0.39, 0.29) is 6.42 Å². The standard InChI is InChI=1S/C11H10ClNO3/c12-6-1-2-7-8(5-13-9(7)3-6)10(14)4-11(15)16/h1-3,5,10,13-14H,4H2,(H,15,16). The molecule has 1 unspecified atom stereocenters. The van der Waals surface area contributed by atoms with Crippen molar-refractivity contribution in [1.29, 1.82) is 0 Å². The van der Waals surface area contributed by atoms with Gasteiger partial charge in [0.25, 0.3) is 0 Å². The highest BCUT2D eigenvalue weighted by Crippen LogP contribution is 2.27. The van der Waals surface area contributed by atoms with Crippen molar-refractivity contribution in [3.8, 4) is 0 Å². The molecule has 84 valence electrons. The Morgan fingerprint density at radius 2 is 2.25 bits per heavy atom. The highest BCUT2D eigenvalue weighted by atomic mass is 35.5. The van der Waals surface area contributed by atoms with Crippen LogP contribution in [0.4, 0.5) is 0 Å². The topological polar surface area (TPSA) is 73.3 Å². The molecule has 0 aliphatic heterocycles. The molecule has 4 nitrogen and oxygen atoms in total. The molecule has 0 bridgehead atoms. The number of carboxylic acid groups (broad SMARTS) is 1. The van der Waals surface area contributed by atoms with Gasteiger partial charge in [0.1, 0.15) is 0 Å². The molecule has 5 heteroatoms. The number of benzene rings is 1. The number of fused-ring (bicyclic) bond motifs is 1. The molecule has 0 fully saturated rings. The molecule has 0 aliphatic carbocycles. The maximum atomic E-state index is 10.5. The van der Waals surface area contributed by atoms with Gasteiger partial charge in [0, 0.05) is 27.7 Å². The first-order valence-corrected chi connectivity index (χ1v) is 5.12. The molecule has 1 aromatic carbocycles. The Balaban J connectivity index is 2.41. The van der Waals surface area contributed by atoms with Crippen LogP contribution in [0.25, 0.3) is 10.9 Å². The Morgan fingerprint density at radius 1 is 1.50 bits per heavy atom. The number of aliphatic hydroxyl groups excluding tert-OH is 1. The average Bonchev–Trinajstić information content (AvgIpc) is 2.59. The third-order valence-corrected chi connectivity index (χ3v) is 2.64. The third kappa shape index (κ3) is 2.03. The Morgan fingerprint density at radius 3 is 2.94 bits per heavy atom. The van der Waals surface area contributed by atoms with Crippen molar-refractivity contribution < 1.29 is 15.0 Å². The minimum Gasteiger partial charge on any atom is -0.481 e. The van der Waals surface area contributed by atoms with Gasteiger partial charge in [0.2, 0.25) is 0 Å². The van der Waals surface area contributed by atoms with Crippen LogP contribution in [0.2, 0.25) is 5.02 Å². The van der Waals surface area contributed by atoms with Crippen molar-refractivity contribution in [2.75, 3.05) is 0 Å². The summed E-state index contributed by atoms with van der Waals surface area (Å²) in [4.78, 5) is 13.4. The van der Waals surface area contributed by atoms with E-state index in [0.717, 1.165) is 10.9 Å². The zero-order valence-corrected chi connectivity index (χ0v) is 9.03. The maximum Gasteiger partial charge on any atom is 0.306 e. The van der Waals surface area contributed by atoms with Crippen molar-refractivity contribution >= 4 is 28.5 Å². The predicted octanol–water partition coefficient (Wildman–Crippen LogP) is 2.33. The second kappa shape index (κ2) is 4.15. The van der Waals surface area contributed by atoms with Crippen molar-refractivity contribution in [2.24, 2.45) is 0 Å². The lowest BCUT2D eigenvalue weighted by molar-refractivity contribution is -0.139. The van der Waals surface area contributed by atoms with Gasteiger partial charge in [-0.2, -0.15) is 0 Å². The Bertz CT molecular complexity index is 535. The molecule has 0 radical (unpaired) electrons. The molecule has 0 amide bonds. The number of aromatic nitrogens is 1. The average molecular weight is 240 g/mol. The number of rotatable bonds is 3. The van der Waals surface area contributed by atoms with E-state index < -0.39 is 12.1 Å². The third-order valence-electron chi connectivity index (χ3n) is 2.40. The summed E-state index contributed by atoms with van der Waals surface area (Å²) in [5, 5.41) is 19.7. The fourth-order valence-electron chi connectivity index (χ4n) is 1.67. The molecule has 0 spiro atoms. The molecule has 16 heavy (non-hydrogen) atoms. The van der Waals surface area contributed by atoms with Gasteiger partial charge >= 0.3 is 5.97 Å². The van der Waals surface area contributed by atoms with Crippen LogP contribution in [0.5, 0.6) is 0 Å². The van der Waals surface area contributed by atoms with E-state index >= 15 is 0 Å². The molecular weight excluding hydrogens is 230 g/mol. The Kier molecular flexibility index (Phi) is 2.85. The van der Waals surface area contributed by atoms with Crippen LogP contribution >= 0.6 is 11.6 Å². The molecule has 1 heterocycles. The summed E-state index contributed by atoms with van der Waals surface area (Å²) >= 11 is 5.82. The minimum absolute atomic E-state index is 0.310. The number of nitrogens with one attached hydrogen (secondary N) is 1. The molecule has 2 aromatic rings. The quantitative estimate of drug-likeness (QED) is 0.770. The summed E-state index contributed by atoms with van der Waals surface area (Å²) in [5.41, 5.74) is 1.36. The van der Waals surface area contributed by atoms with E-state index in [1.807, 2.05) is 0 Å². The lowest BCUT2D eigenvalue weighted by Gasteiger charge is -2.06. The van der Waals surface area contributed by atoms with E-state index in [1.54, 1.807) is 24.4 Å². The van der Waals surface area contributed by atoms with Crippen LogP contribution in [-0.4, -0.2) is 21.2 Å². The van der Waals surface area contributed by atoms with Gasteiger partial charge in [-0.05, 0) is 12.1 Å². The van der Waals surface area contributed by atoms with Crippen LogP contribution < -0.4 is 0 Å². The second-order valence-electron chi connectivity index (χ2n) is 3.55. The van der Waals surface area contributed by atoms with Crippen LogP contribution in [0.15, 0.2) is 24.4 Å². The number of aromatic amines is 1. The second-order valence-corrected chi connectivity index (χ2v) is 3.98. The number of aliphatic hydroxyl groups is 1. The Labute approximate surface area is 96.5 Å². The number of carbonyl (C=O) groups is 1. The normalized spacial score (nSPS) is 12.9. The van der Waals surface area contributed by atoms with Gasteiger partial charge in [-0.3, -0.25) is 4.79 Å². The maximum absolute atomic E-state index is 10.5. The Hall–Kier alpha value is -1.52. The molecule has 0 saturated heterocycles. The van der Waals surface area contributed by atoms with Crippen molar-refractivity contribution in [3.63, 3.8) is 0 Å². The number of hydrogen-bond donors (Lipinski definition) is 3. The zero-order chi connectivity index (χ0) is 11.7. The van der Waals surface area contributed by atoms with E-state index in [4.69, 9.17) is 16.7 Å². The molecule has 3 N–H and O–H groups in total. The largest absolute Gasteiger partial charge is 0.481 e. The minimum atomic E-state index is -1.03. The van der Waals surface area contributed by atoms with Crippen molar-refractivity contribution in [3.05, 3.63) is 35.0 Å². The van der Waals surface area contributed by atoms with Crippen molar-refractivity contribution in [1.82, 2.24) is 4.98 Å². The number of hydrogen-bond acceptors (Lipinski definition) is 2. The van der Waals surface area contributed by atoms with Crippen LogP contribution in [-0.2, 0) is 4.79 Å². The lowest BCUT2D eigenvalue weighted by Crippen LogP contribution is -2.04. The number of H-pyrrole nitrogens is 1. The van der Waals surface area contributed by atoms with Crippen molar-refractivity contribution in [2.45, 2.75) is 12.5 Å². The number of carboxylic acids is 1. The monoisotopic (exact) mass is 239 g/mol. The molecule has 1 atom stereocenters. The molecule has 0 aliphatic rings. The summed E-state index contributed by atoms with van der Waals surface area (Å²) in [6, 6.07) is 5.19. The summed E-state index contributed by atoms with van der Waals surface area (Å²) in [5.74, 6) is -1.03. The first-order chi connectivity index (χ1) is 7.58. The van der Waals surface area contributed by atoms with Gasteiger partial charge in [-0.1, -0.05) is 17.7 Å². The molecular formula is C11H10ClNO3. The smallest absolute Gasteiger partial charge is 0.306 e. The first-order valence-electron chi connectivity index (χ1n) is 4.74. The van der Waals surface area contributed by atoms with Gasteiger partial charge < -0.3 is 15.2 Å². The molecule has 2 rings (SSSR count). The molecule has 1 aromatic heterocycles. The predicted molar refractivity (Wildman–Crippen MR) is 60.5 cm³/mol. The first kappa shape index (κ1) is 11.0.